The third kappa shape index (κ3) is 7.26. The van der Waals surface area contributed by atoms with Crippen LogP contribution in [0.2, 0.25) is 0 Å². The Morgan fingerprint density at radius 1 is 0.655 bits per heavy atom. The van der Waals surface area contributed by atoms with Crippen molar-refractivity contribution in [3.05, 3.63) is 0 Å². The average molecular weight is 420 g/mol. The molecule has 0 aromatic heterocycles. The van der Waals surface area contributed by atoms with Gasteiger partial charge in [0.1, 0.15) is 0 Å². The molecule has 0 unspecified atom stereocenters. The van der Waals surface area contributed by atoms with Crippen molar-refractivity contribution in [1.29, 1.82) is 0 Å². The van der Waals surface area contributed by atoms with E-state index >= 15 is 0 Å². The van der Waals surface area contributed by atoms with Crippen molar-refractivity contribution in [2.75, 3.05) is 7.11 Å². The molecule has 0 amide bonds. The van der Waals surface area contributed by atoms with Gasteiger partial charge in [0, 0.05) is 32.8 Å². The summed E-state index contributed by atoms with van der Waals surface area (Å²) in [5.41, 5.74) is 0. The summed E-state index contributed by atoms with van der Waals surface area (Å²) >= 11 is 0. The van der Waals surface area contributed by atoms with Crippen molar-refractivity contribution >= 4 is 23.9 Å². The molecule has 5 atom stereocenters. The molecule has 1 heterocycles. The van der Waals surface area contributed by atoms with Crippen LogP contribution in [0.3, 0.4) is 0 Å². The van der Waals surface area contributed by atoms with E-state index in [1.807, 2.05) is 0 Å². The molecule has 0 spiro atoms. The van der Waals surface area contributed by atoms with E-state index in [-0.39, 0.29) is 25.7 Å². The second-order valence-electron chi connectivity index (χ2n) is 5.94. The molecule has 0 aromatic rings. The SMILES string of the molecule is CCC(=O)OO[C@H]1O[C@H](OC)[C@H](OC(=O)CC)[C@@H](OC(=O)CC)[C@@H]1OC(=O)CC. The molecule has 0 bridgehead atoms. The molecular formula is C18H28O11. The molecule has 11 nitrogen and oxygen atoms in total. The first kappa shape index (κ1) is 24.8. The van der Waals surface area contributed by atoms with E-state index in [2.05, 4.69) is 4.89 Å². The van der Waals surface area contributed by atoms with Gasteiger partial charge < -0.3 is 23.7 Å². The number of hydrogen-bond acceptors (Lipinski definition) is 11. The molecule has 0 aromatic carbocycles. The fraction of sp³-hybridized carbons (Fsp3) is 0.778. The zero-order chi connectivity index (χ0) is 22.0. The van der Waals surface area contributed by atoms with Crippen molar-refractivity contribution in [2.24, 2.45) is 0 Å². The largest absolute Gasteiger partial charge is 0.454 e. The van der Waals surface area contributed by atoms with Crippen LogP contribution in [0.5, 0.6) is 0 Å². The van der Waals surface area contributed by atoms with E-state index in [1.165, 1.54) is 7.11 Å². The van der Waals surface area contributed by atoms with Crippen molar-refractivity contribution in [1.82, 2.24) is 0 Å². The highest BCUT2D eigenvalue weighted by atomic mass is 17.2. The van der Waals surface area contributed by atoms with E-state index in [4.69, 9.17) is 28.6 Å². The fourth-order valence-corrected chi connectivity index (χ4v) is 2.30. The molecule has 0 saturated carbocycles. The molecule has 0 N–H and O–H groups in total. The molecule has 11 heteroatoms. The number of rotatable bonds is 10. The molecular weight excluding hydrogens is 392 g/mol. The molecule has 29 heavy (non-hydrogen) atoms. The van der Waals surface area contributed by atoms with Gasteiger partial charge in [0.05, 0.1) is 0 Å². The number of ether oxygens (including phenoxy) is 5. The Morgan fingerprint density at radius 3 is 1.48 bits per heavy atom. The highest BCUT2D eigenvalue weighted by Crippen LogP contribution is 2.30. The van der Waals surface area contributed by atoms with Gasteiger partial charge in [0.2, 0.25) is 12.6 Å². The molecule has 1 fully saturated rings. The Morgan fingerprint density at radius 2 is 1.07 bits per heavy atom. The van der Waals surface area contributed by atoms with Gasteiger partial charge in [-0.25, -0.2) is 4.79 Å². The lowest BCUT2D eigenvalue weighted by molar-refractivity contribution is -0.425. The average Bonchev–Trinajstić information content (AvgIpc) is 2.73. The maximum Gasteiger partial charge on any atom is 0.342 e. The van der Waals surface area contributed by atoms with E-state index in [9.17, 15) is 19.2 Å². The molecule has 0 aliphatic carbocycles. The maximum absolute atomic E-state index is 12.0. The monoisotopic (exact) mass is 420 g/mol. The van der Waals surface area contributed by atoms with Crippen LogP contribution in [0.1, 0.15) is 53.4 Å². The predicted molar refractivity (Wildman–Crippen MR) is 93.7 cm³/mol. The van der Waals surface area contributed by atoms with Crippen molar-refractivity contribution in [2.45, 2.75) is 84.3 Å². The Bertz CT molecular complexity index is 576. The van der Waals surface area contributed by atoms with Gasteiger partial charge in [-0.15, -0.1) is 4.89 Å². The van der Waals surface area contributed by atoms with E-state index in [0.29, 0.717) is 0 Å². The number of methoxy groups -OCH3 is 1. The van der Waals surface area contributed by atoms with Crippen molar-refractivity contribution in [3.8, 4) is 0 Å². The summed E-state index contributed by atoms with van der Waals surface area (Å²) in [5, 5.41) is 0. The minimum absolute atomic E-state index is 0.000464. The lowest BCUT2D eigenvalue weighted by Gasteiger charge is -2.42. The summed E-state index contributed by atoms with van der Waals surface area (Å²) in [6, 6.07) is 0. The Balaban J connectivity index is 3.25. The number of carbonyl (C=O) groups excluding carboxylic acids is 4. The summed E-state index contributed by atoms with van der Waals surface area (Å²) in [7, 11) is 1.27. The second kappa shape index (κ2) is 12.3. The van der Waals surface area contributed by atoms with Gasteiger partial charge in [-0.3, -0.25) is 19.3 Å². The van der Waals surface area contributed by atoms with Crippen LogP contribution in [-0.4, -0.2) is 61.9 Å². The first-order chi connectivity index (χ1) is 13.8. The van der Waals surface area contributed by atoms with Crippen LogP contribution >= 0.6 is 0 Å². The molecule has 1 aliphatic rings. The third-order valence-corrected chi connectivity index (χ3v) is 3.88. The Hall–Kier alpha value is -2.24. The van der Waals surface area contributed by atoms with E-state index in [1.54, 1.807) is 27.7 Å². The zero-order valence-electron chi connectivity index (χ0n) is 17.2. The highest BCUT2D eigenvalue weighted by molar-refractivity contribution is 5.71. The van der Waals surface area contributed by atoms with Gasteiger partial charge >= 0.3 is 23.9 Å². The summed E-state index contributed by atoms with van der Waals surface area (Å²) < 4.78 is 26.7. The zero-order valence-corrected chi connectivity index (χ0v) is 17.2. The quantitative estimate of drug-likeness (QED) is 0.218. The molecule has 166 valence electrons. The maximum atomic E-state index is 12.0. The summed E-state index contributed by atoms with van der Waals surface area (Å²) in [6.07, 6.45) is -6.63. The third-order valence-electron chi connectivity index (χ3n) is 3.88. The second-order valence-corrected chi connectivity index (χ2v) is 5.94. The minimum atomic E-state index is -1.49. The van der Waals surface area contributed by atoms with Crippen molar-refractivity contribution in [3.63, 3.8) is 0 Å². The highest BCUT2D eigenvalue weighted by Gasteiger charge is 2.54. The Labute approximate surface area is 168 Å². The molecule has 0 radical (unpaired) electrons. The summed E-state index contributed by atoms with van der Waals surface area (Å²) in [5.74, 6) is -2.63. The van der Waals surface area contributed by atoms with Gasteiger partial charge in [-0.1, -0.05) is 27.7 Å². The standard InChI is InChI=1S/C18H28O11/c1-6-10(19)24-14-15(25-11(20)7-2)17(23-5)27-18(29-28-13(22)9-4)16(14)26-12(21)8-3/h14-18H,6-9H2,1-5H3/t14-,15-,16+,17+,18-/m1/s1. The van der Waals surface area contributed by atoms with Gasteiger partial charge in [0.15, 0.2) is 18.3 Å². The smallest absolute Gasteiger partial charge is 0.342 e. The fourth-order valence-electron chi connectivity index (χ4n) is 2.30. The topological polar surface area (TPSA) is 133 Å². The van der Waals surface area contributed by atoms with Crippen LogP contribution in [0.15, 0.2) is 0 Å². The number of hydrogen-bond donors (Lipinski definition) is 0. The lowest BCUT2D eigenvalue weighted by Crippen LogP contribution is -2.62. The predicted octanol–water partition coefficient (Wildman–Crippen LogP) is 1.17. The Kier molecular flexibility index (Phi) is 10.6. The van der Waals surface area contributed by atoms with Crippen LogP contribution in [0.25, 0.3) is 0 Å². The number of carbonyl (C=O) groups is 4. The van der Waals surface area contributed by atoms with Gasteiger partial charge in [-0.2, -0.15) is 0 Å². The van der Waals surface area contributed by atoms with Crippen LogP contribution in [0, 0.1) is 0 Å². The van der Waals surface area contributed by atoms with Gasteiger partial charge in [0.25, 0.3) is 0 Å². The van der Waals surface area contributed by atoms with Gasteiger partial charge in [-0.05, 0) is 0 Å². The summed E-state index contributed by atoms with van der Waals surface area (Å²) in [6.45, 7) is 6.24. The van der Waals surface area contributed by atoms with E-state index in [0.717, 1.165) is 0 Å². The van der Waals surface area contributed by atoms with Crippen molar-refractivity contribution < 1.29 is 52.6 Å². The molecule has 1 saturated heterocycles. The van der Waals surface area contributed by atoms with E-state index < -0.39 is 54.8 Å². The van der Waals surface area contributed by atoms with Crippen LogP contribution < -0.4 is 0 Å². The molecule has 1 rings (SSSR count). The normalized spacial score (nSPS) is 26.3. The first-order valence-electron chi connectivity index (χ1n) is 9.43. The minimum Gasteiger partial charge on any atom is -0.454 e. The van der Waals surface area contributed by atoms with Crippen LogP contribution in [0.4, 0.5) is 0 Å². The lowest BCUT2D eigenvalue weighted by atomic mass is 10.0. The molecule has 1 aliphatic heterocycles. The number of esters is 3. The first-order valence-corrected chi connectivity index (χ1v) is 9.43. The summed E-state index contributed by atoms with van der Waals surface area (Å²) in [4.78, 5) is 56.9. The van der Waals surface area contributed by atoms with Crippen LogP contribution in [-0.2, 0) is 52.6 Å².